The Morgan fingerprint density at radius 1 is 1.14 bits per heavy atom. The molecule has 1 aliphatic rings. The molecular weight excluding hydrogens is 356 g/mol. The Kier molecular flexibility index (Phi) is 6.63. The van der Waals surface area contributed by atoms with Gasteiger partial charge in [-0.25, -0.2) is 4.79 Å². The number of nitrogens with zero attached hydrogens (tertiary/aromatic N) is 1. The van der Waals surface area contributed by atoms with Gasteiger partial charge in [-0.2, -0.15) is 0 Å². The largest absolute Gasteiger partial charge is 0.455 e. The first-order chi connectivity index (χ1) is 13.5. The van der Waals surface area contributed by atoms with Crippen molar-refractivity contribution in [1.82, 2.24) is 10.3 Å². The van der Waals surface area contributed by atoms with E-state index < -0.39 is 12.1 Å². The highest BCUT2D eigenvalue weighted by Crippen LogP contribution is 2.26. The minimum absolute atomic E-state index is 0.142. The minimum atomic E-state index is -0.881. The van der Waals surface area contributed by atoms with Gasteiger partial charge in [0.1, 0.15) is 17.1 Å². The van der Waals surface area contributed by atoms with Crippen molar-refractivity contribution in [1.29, 1.82) is 0 Å². The van der Waals surface area contributed by atoms with Gasteiger partial charge in [0, 0.05) is 12.2 Å². The predicted octanol–water partition coefficient (Wildman–Crippen LogP) is 4.11. The Hall–Kier alpha value is -2.89. The van der Waals surface area contributed by atoms with Gasteiger partial charge in [-0.15, -0.1) is 0 Å². The molecule has 0 aliphatic heterocycles. The summed E-state index contributed by atoms with van der Waals surface area (Å²) in [5.74, 6) is 0.444. The molecule has 6 nitrogen and oxygen atoms in total. The molecule has 3 rings (SSSR count). The van der Waals surface area contributed by atoms with Crippen LogP contribution < -0.4 is 10.1 Å². The molecule has 0 saturated heterocycles. The Labute approximate surface area is 165 Å². The lowest BCUT2D eigenvalue weighted by Crippen LogP contribution is -2.46. The van der Waals surface area contributed by atoms with Gasteiger partial charge in [0.25, 0.3) is 5.91 Å². The number of aromatic nitrogens is 1. The second kappa shape index (κ2) is 9.35. The Morgan fingerprint density at radius 3 is 2.68 bits per heavy atom. The predicted molar refractivity (Wildman–Crippen MR) is 105 cm³/mol. The molecule has 1 fully saturated rings. The van der Waals surface area contributed by atoms with Crippen LogP contribution in [0.2, 0.25) is 0 Å². The highest BCUT2D eigenvalue weighted by atomic mass is 16.5. The minimum Gasteiger partial charge on any atom is -0.455 e. The van der Waals surface area contributed by atoms with Gasteiger partial charge < -0.3 is 14.8 Å². The fourth-order valence-electron chi connectivity index (χ4n) is 3.37. The van der Waals surface area contributed by atoms with Crippen molar-refractivity contribution in [3.8, 4) is 11.5 Å². The lowest BCUT2D eigenvalue weighted by molar-refractivity contribution is -0.130. The number of para-hydroxylation sites is 1. The lowest BCUT2D eigenvalue weighted by atomic mass is 9.86. The van der Waals surface area contributed by atoms with E-state index >= 15 is 0 Å². The summed E-state index contributed by atoms with van der Waals surface area (Å²) in [7, 11) is 0. The maximum atomic E-state index is 12.6. The van der Waals surface area contributed by atoms with Crippen LogP contribution in [0.5, 0.6) is 11.5 Å². The van der Waals surface area contributed by atoms with Crippen LogP contribution in [0.3, 0.4) is 0 Å². The van der Waals surface area contributed by atoms with Gasteiger partial charge in [-0.05, 0) is 49.9 Å². The molecule has 2 aromatic rings. The number of benzene rings is 1. The second-order valence-corrected chi connectivity index (χ2v) is 7.21. The Bertz CT molecular complexity index is 809. The molecule has 28 heavy (non-hydrogen) atoms. The number of rotatable bonds is 6. The highest BCUT2D eigenvalue weighted by Gasteiger charge is 2.27. The van der Waals surface area contributed by atoms with Crippen LogP contribution in [-0.2, 0) is 9.53 Å². The van der Waals surface area contributed by atoms with E-state index in [2.05, 4.69) is 17.2 Å². The molecule has 1 aromatic carbocycles. The average molecular weight is 382 g/mol. The number of amides is 1. The number of esters is 1. The maximum Gasteiger partial charge on any atom is 0.342 e. The molecule has 0 radical (unpaired) electrons. The summed E-state index contributed by atoms with van der Waals surface area (Å²) in [4.78, 5) is 29.1. The third-order valence-electron chi connectivity index (χ3n) is 5.06. The summed E-state index contributed by atoms with van der Waals surface area (Å²) < 4.78 is 11.2. The van der Waals surface area contributed by atoms with E-state index in [1.807, 2.05) is 0 Å². The molecule has 1 amide bonds. The lowest BCUT2D eigenvalue weighted by Gasteiger charge is -2.30. The zero-order valence-electron chi connectivity index (χ0n) is 16.3. The van der Waals surface area contributed by atoms with Gasteiger partial charge in [0.15, 0.2) is 6.10 Å². The van der Waals surface area contributed by atoms with Crippen LogP contribution in [0.4, 0.5) is 0 Å². The normalized spacial score (nSPS) is 20.1. The summed E-state index contributed by atoms with van der Waals surface area (Å²) >= 11 is 0. The van der Waals surface area contributed by atoms with Crippen molar-refractivity contribution in [2.24, 2.45) is 5.92 Å². The molecule has 1 heterocycles. The van der Waals surface area contributed by atoms with Crippen molar-refractivity contribution in [2.75, 3.05) is 0 Å². The highest BCUT2D eigenvalue weighted by molar-refractivity contribution is 5.94. The average Bonchev–Trinajstić information content (AvgIpc) is 2.70. The van der Waals surface area contributed by atoms with E-state index in [9.17, 15) is 9.59 Å². The molecule has 148 valence electrons. The van der Waals surface area contributed by atoms with Crippen molar-refractivity contribution in [2.45, 2.75) is 51.7 Å². The Morgan fingerprint density at radius 2 is 1.93 bits per heavy atom. The van der Waals surface area contributed by atoms with Gasteiger partial charge >= 0.3 is 5.97 Å². The number of carbonyl (C=O) groups excluding carboxylic acids is 2. The fraction of sp³-hybridized carbons (Fsp3) is 0.409. The van der Waals surface area contributed by atoms with Gasteiger partial charge in [-0.3, -0.25) is 9.78 Å². The molecule has 1 saturated carbocycles. The first-order valence-electron chi connectivity index (χ1n) is 9.73. The quantitative estimate of drug-likeness (QED) is 0.761. The van der Waals surface area contributed by atoms with Crippen LogP contribution in [0, 0.1) is 5.92 Å². The number of carbonyl (C=O) groups is 2. The van der Waals surface area contributed by atoms with E-state index in [-0.39, 0.29) is 17.5 Å². The molecule has 3 atom stereocenters. The Balaban J connectivity index is 1.63. The molecule has 1 aliphatic carbocycles. The van der Waals surface area contributed by atoms with Gasteiger partial charge in [0.2, 0.25) is 0 Å². The van der Waals surface area contributed by atoms with E-state index in [0.717, 1.165) is 19.3 Å². The summed E-state index contributed by atoms with van der Waals surface area (Å²) in [6, 6.07) is 10.4. The summed E-state index contributed by atoms with van der Waals surface area (Å²) in [6.07, 6.45) is 6.71. The SMILES string of the molecule is CC(OC(=O)c1ccccc1Oc1cccnc1)C(=O)NC1CCCCC1C. The third kappa shape index (κ3) is 5.09. The number of nitrogens with one attached hydrogen (secondary N) is 1. The zero-order valence-corrected chi connectivity index (χ0v) is 16.3. The van der Waals surface area contributed by atoms with Crippen molar-refractivity contribution >= 4 is 11.9 Å². The molecule has 0 spiro atoms. The molecule has 6 heteroatoms. The first-order valence-corrected chi connectivity index (χ1v) is 9.73. The molecule has 1 N–H and O–H groups in total. The van der Waals surface area contributed by atoms with Crippen LogP contribution in [0.15, 0.2) is 48.8 Å². The van der Waals surface area contributed by atoms with Gasteiger partial charge in [-0.1, -0.05) is 31.9 Å². The monoisotopic (exact) mass is 382 g/mol. The van der Waals surface area contributed by atoms with E-state index in [1.165, 1.54) is 6.42 Å². The van der Waals surface area contributed by atoms with Crippen LogP contribution in [0.1, 0.15) is 49.9 Å². The molecule has 1 aromatic heterocycles. The van der Waals surface area contributed by atoms with Crippen LogP contribution in [0.25, 0.3) is 0 Å². The zero-order chi connectivity index (χ0) is 19.9. The number of pyridine rings is 1. The summed E-state index contributed by atoms with van der Waals surface area (Å²) in [5.41, 5.74) is 0.261. The van der Waals surface area contributed by atoms with Crippen molar-refractivity contribution < 1.29 is 19.1 Å². The second-order valence-electron chi connectivity index (χ2n) is 7.21. The standard InChI is InChI=1S/C22H26N2O4/c1-15-8-3-5-11-19(15)24-21(25)16(2)27-22(26)18-10-4-6-12-20(18)28-17-9-7-13-23-14-17/h4,6-7,9-10,12-16,19H,3,5,8,11H2,1-2H3,(H,24,25). The van der Waals surface area contributed by atoms with Crippen LogP contribution in [-0.4, -0.2) is 29.0 Å². The summed E-state index contributed by atoms with van der Waals surface area (Å²) in [6.45, 7) is 3.73. The van der Waals surface area contributed by atoms with Crippen LogP contribution >= 0.6 is 0 Å². The van der Waals surface area contributed by atoms with E-state index in [0.29, 0.717) is 17.4 Å². The third-order valence-corrected chi connectivity index (χ3v) is 5.06. The molecule has 0 bridgehead atoms. The smallest absolute Gasteiger partial charge is 0.342 e. The molecular formula is C22H26N2O4. The van der Waals surface area contributed by atoms with Crippen molar-refractivity contribution in [3.05, 3.63) is 54.4 Å². The number of ether oxygens (including phenoxy) is 2. The topological polar surface area (TPSA) is 77.5 Å². The number of hydrogen-bond acceptors (Lipinski definition) is 5. The van der Waals surface area contributed by atoms with Crippen molar-refractivity contribution in [3.63, 3.8) is 0 Å². The van der Waals surface area contributed by atoms with Gasteiger partial charge in [0.05, 0.1) is 6.20 Å². The summed E-state index contributed by atoms with van der Waals surface area (Å²) in [5, 5.41) is 3.02. The fourth-order valence-corrected chi connectivity index (χ4v) is 3.37. The molecule has 3 unspecified atom stereocenters. The number of hydrogen-bond donors (Lipinski definition) is 1. The maximum absolute atomic E-state index is 12.6. The van der Waals surface area contributed by atoms with E-state index in [4.69, 9.17) is 9.47 Å². The van der Waals surface area contributed by atoms with E-state index in [1.54, 1.807) is 55.7 Å². The first kappa shape index (κ1) is 19.9.